The molecule has 0 spiro atoms. The molecule has 36 heavy (non-hydrogen) atoms. The van der Waals surface area contributed by atoms with Crippen molar-refractivity contribution in [1.29, 1.82) is 0 Å². The topological polar surface area (TPSA) is 203 Å². The van der Waals surface area contributed by atoms with Crippen LogP contribution in [0.3, 0.4) is 0 Å². The second kappa shape index (κ2) is 12.3. The van der Waals surface area contributed by atoms with E-state index in [1.54, 1.807) is 7.05 Å². The number of hydrogen-bond donors (Lipinski definition) is 3. The number of rotatable bonds is 7. The molecule has 0 aliphatic carbocycles. The fourth-order valence-corrected chi connectivity index (χ4v) is 3.48. The largest absolute Gasteiger partial charge is 0.491 e. The van der Waals surface area contributed by atoms with Crippen LogP contribution in [-0.4, -0.2) is 80.4 Å². The lowest BCUT2D eigenvalue weighted by Gasteiger charge is -2.36. The molecule has 0 radical (unpaired) electrons. The maximum absolute atomic E-state index is 12.1. The minimum absolute atomic E-state index is 0.0634. The summed E-state index contributed by atoms with van der Waals surface area (Å²) in [6, 6.07) is 5.67. The van der Waals surface area contributed by atoms with E-state index in [9.17, 15) is 19.7 Å². The Kier molecular flexibility index (Phi) is 9.55. The third-order valence-corrected chi connectivity index (χ3v) is 5.46. The van der Waals surface area contributed by atoms with Crippen molar-refractivity contribution in [2.45, 2.75) is 6.42 Å². The Bertz CT molecular complexity index is 1220. The molecule has 1 aromatic heterocycles. The Hall–Kier alpha value is -4.40. The van der Waals surface area contributed by atoms with Crippen molar-refractivity contribution in [3.05, 3.63) is 55.2 Å². The van der Waals surface area contributed by atoms with E-state index in [1.165, 1.54) is 35.9 Å². The molecule has 15 heteroatoms. The van der Waals surface area contributed by atoms with Gasteiger partial charge in [0.2, 0.25) is 0 Å². The molecule has 196 valence electrons. The fourth-order valence-electron chi connectivity index (χ4n) is 3.48. The molecule has 1 saturated heterocycles. The fraction of sp³-hybridized carbons (Fsp3) is 0.429. The third-order valence-electron chi connectivity index (χ3n) is 5.46. The van der Waals surface area contributed by atoms with Crippen molar-refractivity contribution in [3.63, 3.8) is 0 Å². The number of nitrogen functional groups attached to an aromatic ring is 1. The summed E-state index contributed by atoms with van der Waals surface area (Å²) in [5.74, 6) is -2.57. The summed E-state index contributed by atoms with van der Waals surface area (Å²) in [5, 5.41) is 25.5. The zero-order chi connectivity index (χ0) is 27.0. The normalized spacial score (nSPS) is 13.4. The molecule has 1 fully saturated rings. The maximum atomic E-state index is 12.1. The molecule has 0 atom stereocenters. The van der Waals surface area contributed by atoms with E-state index in [4.69, 9.17) is 30.3 Å². The zero-order valence-electron chi connectivity index (χ0n) is 19.8. The number of nitrogens with zero attached hydrogens (tertiary/aromatic N) is 5. The van der Waals surface area contributed by atoms with Crippen LogP contribution in [0, 0.1) is 10.1 Å². The number of nitro groups is 1. The van der Waals surface area contributed by atoms with Crippen LogP contribution in [0.25, 0.3) is 0 Å². The second-order valence-electron chi connectivity index (χ2n) is 7.86. The summed E-state index contributed by atoms with van der Waals surface area (Å²) in [6.45, 7) is 4.33. The van der Waals surface area contributed by atoms with Gasteiger partial charge in [-0.1, -0.05) is 0 Å². The summed E-state index contributed by atoms with van der Waals surface area (Å²) in [4.78, 5) is 56.9. The van der Waals surface area contributed by atoms with Gasteiger partial charge in [-0.2, -0.15) is 0 Å². The van der Waals surface area contributed by atoms with Crippen LogP contribution in [0.2, 0.25) is 0 Å². The number of benzene rings is 1. The smallest absolute Gasteiger partial charge is 0.414 e. The van der Waals surface area contributed by atoms with Gasteiger partial charge in [-0.05, 0) is 12.5 Å². The maximum Gasteiger partial charge on any atom is 0.414 e. The van der Waals surface area contributed by atoms with E-state index >= 15 is 0 Å². The lowest BCUT2D eigenvalue weighted by molar-refractivity contribution is -0.384. The number of carbonyl (C=O) groups is 2. The van der Waals surface area contributed by atoms with E-state index in [1.807, 2.05) is 4.90 Å². The van der Waals surface area contributed by atoms with E-state index in [-0.39, 0.29) is 22.6 Å². The predicted octanol–water partition coefficient (Wildman–Crippen LogP) is -0.679. The van der Waals surface area contributed by atoms with Crippen molar-refractivity contribution < 1.29 is 29.5 Å². The number of carboxylic acid groups (broad SMARTS) is 2. The van der Waals surface area contributed by atoms with E-state index in [0.29, 0.717) is 18.2 Å². The molecule has 15 nitrogen and oxygen atoms in total. The average molecular weight is 508 g/mol. The molecule has 2 aromatic rings. The van der Waals surface area contributed by atoms with Crippen LogP contribution in [0.1, 0.15) is 6.42 Å². The molecule has 0 saturated carbocycles. The van der Waals surface area contributed by atoms with E-state index in [0.717, 1.165) is 43.7 Å². The van der Waals surface area contributed by atoms with Crippen LogP contribution < -0.4 is 26.6 Å². The average Bonchev–Trinajstić information content (AvgIpc) is 2.84. The molecule has 1 aromatic carbocycles. The summed E-state index contributed by atoms with van der Waals surface area (Å²) in [7, 11) is 3.14. The van der Waals surface area contributed by atoms with Crippen LogP contribution in [0.5, 0.6) is 5.75 Å². The Balaban J connectivity index is 0.000000678. The first kappa shape index (κ1) is 27.8. The lowest BCUT2D eigenvalue weighted by atomic mass is 10.2. The highest BCUT2D eigenvalue weighted by atomic mass is 16.6. The quantitative estimate of drug-likeness (QED) is 0.140. The summed E-state index contributed by atoms with van der Waals surface area (Å²) >= 11 is 0. The molecule has 0 unspecified atom stereocenters. The number of ether oxygens (including phenoxy) is 1. The van der Waals surface area contributed by atoms with Crippen molar-refractivity contribution in [1.82, 2.24) is 14.0 Å². The van der Waals surface area contributed by atoms with Gasteiger partial charge in [0.1, 0.15) is 11.6 Å². The number of nitrogens with two attached hydrogens (primary N) is 1. The number of aliphatic carboxylic acids is 2. The van der Waals surface area contributed by atoms with Crippen LogP contribution in [0.15, 0.2) is 33.9 Å². The van der Waals surface area contributed by atoms with Gasteiger partial charge in [-0.3, -0.25) is 28.9 Å². The van der Waals surface area contributed by atoms with E-state index < -0.39 is 16.9 Å². The van der Waals surface area contributed by atoms with Gasteiger partial charge in [-0.15, -0.1) is 0 Å². The highest BCUT2D eigenvalue weighted by Gasteiger charge is 2.20. The van der Waals surface area contributed by atoms with Crippen LogP contribution in [0.4, 0.5) is 17.2 Å². The Morgan fingerprint density at radius 3 is 2.19 bits per heavy atom. The monoisotopic (exact) mass is 508 g/mol. The number of non-ortho nitro benzene ring substituents is 1. The third kappa shape index (κ3) is 7.30. The minimum atomic E-state index is -1.82. The zero-order valence-corrected chi connectivity index (χ0v) is 19.8. The Morgan fingerprint density at radius 2 is 1.67 bits per heavy atom. The standard InChI is InChI=1S/C19H26N6O5.C2H2O4/c1-21-17(13-18(26)22(2)19(21)27)24-9-7-23(8-10-24)6-3-11-30-16-5-4-14(25(28)29)12-15(16)20;3-1(4)2(5)6/h4-5,12-13H,3,6-11,20H2,1-2H3;(H,3,4)(H,5,6). The molecule has 1 aliphatic rings. The van der Waals surface area contributed by atoms with Crippen molar-refractivity contribution in [3.8, 4) is 5.75 Å². The molecular formula is C21H28N6O9. The summed E-state index contributed by atoms with van der Waals surface area (Å²) in [6.07, 6.45) is 0.779. The molecular weight excluding hydrogens is 480 g/mol. The Morgan fingerprint density at radius 1 is 1.06 bits per heavy atom. The summed E-state index contributed by atoms with van der Waals surface area (Å²) in [5.41, 5.74) is 5.35. The van der Waals surface area contributed by atoms with Gasteiger partial charge in [-0.25, -0.2) is 14.4 Å². The number of piperazine rings is 1. The van der Waals surface area contributed by atoms with Gasteiger partial charge in [0.05, 0.1) is 17.2 Å². The molecule has 0 bridgehead atoms. The van der Waals surface area contributed by atoms with Gasteiger partial charge in [0.25, 0.3) is 11.2 Å². The number of carboxylic acids is 2. The van der Waals surface area contributed by atoms with Gasteiger partial charge < -0.3 is 25.6 Å². The van der Waals surface area contributed by atoms with Crippen molar-refractivity contribution >= 4 is 29.1 Å². The van der Waals surface area contributed by atoms with Gasteiger partial charge in [0.15, 0.2) is 0 Å². The van der Waals surface area contributed by atoms with E-state index in [2.05, 4.69) is 4.90 Å². The minimum Gasteiger partial charge on any atom is -0.491 e. The van der Waals surface area contributed by atoms with Crippen LogP contribution in [-0.2, 0) is 23.7 Å². The second-order valence-corrected chi connectivity index (χ2v) is 7.86. The van der Waals surface area contributed by atoms with Crippen molar-refractivity contribution in [2.75, 3.05) is 50.0 Å². The molecule has 3 rings (SSSR count). The number of anilines is 2. The summed E-state index contributed by atoms with van der Waals surface area (Å²) < 4.78 is 8.24. The lowest BCUT2D eigenvalue weighted by Crippen LogP contribution is -2.49. The molecule has 2 heterocycles. The Labute approximate surface area is 204 Å². The number of hydrogen-bond acceptors (Lipinski definition) is 10. The van der Waals surface area contributed by atoms with Gasteiger partial charge in [0, 0.05) is 65.0 Å². The number of aromatic nitrogens is 2. The van der Waals surface area contributed by atoms with Crippen LogP contribution >= 0.6 is 0 Å². The highest BCUT2D eigenvalue weighted by Crippen LogP contribution is 2.26. The highest BCUT2D eigenvalue weighted by molar-refractivity contribution is 6.27. The first-order valence-corrected chi connectivity index (χ1v) is 10.8. The molecule has 0 amide bonds. The predicted molar refractivity (Wildman–Crippen MR) is 128 cm³/mol. The number of nitro benzene ring substituents is 1. The first-order valence-electron chi connectivity index (χ1n) is 10.8. The first-order chi connectivity index (χ1) is 16.9. The SMILES string of the molecule is Cn1c(N2CCN(CCCOc3ccc([N+](=O)[O-])cc3N)CC2)cc(=O)n(C)c1=O.O=C(O)C(=O)O. The van der Waals surface area contributed by atoms with Crippen molar-refractivity contribution in [2.24, 2.45) is 14.1 Å². The molecule has 4 N–H and O–H groups in total. The van der Waals surface area contributed by atoms with Gasteiger partial charge >= 0.3 is 17.6 Å². The molecule has 1 aliphatic heterocycles.